The molecule has 0 aliphatic heterocycles. The highest BCUT2D eigenvalue weighted by Crippen LogP contribution is 2.37. The summed E-state index contributed by atoms with van der Waals surface area (Å²) in [4.78, 5) is 12.0. The third-order valence-corrected chi connectivity index (χ3v) is 3.54. The molecule has 0 amide bonds. The van der Waals surface area contributed by atoms with Crippen molar-refractivity contribution in [3.8, 4) is 0 Å². The Bertz CT molecular complexity index is 200. The van der Waals surface area contributed by atoms with E-state index in [4.69, 9.17) is 4.74 Å². The lowest BCUT2D eigenvalue weighted by atomic mass is 9.73. The van der Waals surface area contributed by atoms with Gasteiger partial charge in [-0.2, -0.15) is 0 Å². The fourth-order valence-corrected chi connectivity index (χ4v) is 2.59. The molecule has 0 aromatic carbocycles. The summed E-state index contributed by atoms with van der Waals surface area (Å²) >= 11 is 0. The van der Waals surface area contributed by atoms with Crippen LogP contribution in [-0.2, 0) is 9.53 Å². The lowest BCUT2D eigenvalue weighted by molar-refractivity contribution is -0.152. The van der Waals surface area contributed by atoms with Crippen molar-refractivity contribution in [2.24, 2.45) is 5.92 Å². The second-order valence-corrected chi connectivity index (χ2v) is 4.41. The fourth-order valence-electron chi connectivity index (χ4n) is 2.59. The van der Waals surface area contributed by atoms with Crippen LogP contribution in [0.25, 0.3) is 0 Å². The highest BCUT2D eigenvalue weighted by molar-refractivity contribution is 5.87. The summed E-state index contributed by atoms with van der Waals surface area (Å²) in [5.41, 5.74) is -0.450. The molecule has 1 rings (SSSR count). The number of rotatable bonds is 4. The quantitative estimate of drug-likeness (QED) is 0.694. The maximum Gasteiger partial charge on any atom is 0.164 e. The second-order valence-electron chi connectivity index (χ2n) is 4.41. The Morgan fingerprint density at radius 2 is 2.21 bits per heavy atom. The van der Waals surface area contributed by atoms with Crippen molar-refractivity contribution in [1.29, 1.82) is 0 Å². The molecule has 0 N–H and O–H groups in total. The summed E-state index contributed by atoms with van der Waals surface area (Å²) in [6.45, 7) is 4.20. The van der Waals surface area contributed by atoms with E-state index >= 15 is 0 Å². The summed E-state index contributed by atoms with van der Waals surface area (Å²) in [6.07, 6.45) is 6.01. The Morgan fingerprint density at radius 1 is 1.50 bits per heavy atom. The molecule has 14 heavy (non-hydrogen) atoms. The number of carbonyl (C=O) groups is 1. The first-order chi connectivity index (χ1) is 6.67. The lowest BCUT2D eigenvalue weighted by Gasteiger charge is -2.40. The minimum absolute atomic E-state index is 0.315. The highest BCUT2D eigenvalue weighted by atomic mass is 16.5. The predicted molar refractivity (Wildman–Crippen MR) is 57.3 cm³/mol. The number of Topliss-reactive ketones (excluding diaryl/α,β-unsaturated/α-hetero) is 1. The van der Waals surface area contributed by atoms with Gasteiger partial charge >= 0.3 is 0 Å². The zero-order chi connectivity index (χ0) is 10.6. The minimum Gasteiger partial charge on any atom is -0.370 e. The first-order valence-corrected chi connectivity index (χ1v) is 5.75. The molecule has 1 fully saturated rings. The number of hydrogen-bond donors (Lipinski definition) is 0. The Balaban J connectivity index is 2.76. The average Bonchev–Trinajstić information content (AvgIpc) is 2.19. The van der Waals surface area contributed by atoms with Crippen molar-refractivity contribution in [3.05, 3.63) is 0 Å². The minimum atomic E-state index is -0.450. The first-order valence-electron chi connectivity index (χ1n) is 5.75. The summed E-state index contributed by atoms with van der Waals surface area (Å²) in [6, 6.07) is 0. The normalized spacial score (nSPS) is 32.9. The van der Waals surface area contributed by atoms with E-state index in [1.807, 2.05) is 0 Å². The molecular formula is C12H22O2. The van der Waals surface area contributed by atoms with Crippen LogP contribution in [-0.4, -0.2) is 18.5 Å². The van der Waals surface area contributed by atoms with Crippen molar-refractivity contribution >= 4 is 5.78 Å². The van der Waals surface area contributed by atoms with E-state index in [1.165, 1.54) is 6.42 Å². The fraction of sp³-hybridized carbons (Fsp3) is 0.917. The van der Waals surface area contributed by atoms with Crippen molar-refractivity contribution < 1.29 is 9.53 Å². The molecule has 2 heteroatoms. The number of ketones is 1. The topological polar surface area (TPSA) is 26.3 Å². The van der Waals surface area contributed by atoms with Crippen LogP contribution in [0.2, 0.25) is 0 Å². The van der Waals surface area contributed by atoms with Crippen LogP contribution in [0.1, 0.15) is 52.4 Å². The van der Waals surface area contributed by atoms with Gasteiger partial charge in [-0.25, -0.2) is 0 Å². The molecule has 0 bridgehead atoms. The van der Waals surface area contributed by atoms with Gasteiger partial charge in [0.1, 0.15) is 5.60 Å². The van der Waals surface area contributed by atoms with Gasteiger partial charge in [0.05, 0.1) is 0 Å². The monoisotopic (exact) mass is 198 g/mol. The number of hydrogen-bond acceptors (Lipinski definition) is 2. The molecule has 2 nitrogen and oxygen atoms in total. The van der Waals surface area contributed by atoms with Gasteiger partial charge < -0.3 is 4.74 Å². The Kier molecular flexibility index (Phi) is 4.11. The lowest BCUT2D eigenvalue weighted by Crippen LogP contribution is -2.48. The third kappa shape index (κ3) is 2.00. The van der Waals surface area contributed by atoms with E-state index in [9.17, 15) is 4.79 Å². The van der Waals surface area contributed by atoms with Crippen LogP contribution in [0, 0.1) is 5.92 Å². The van der Waals surface area contributed by atoms with Crippen LogP contribution in [0.15, 0.2) is 0 Å². The average molecular weight is 198 g/mol. The van der Waals surface area contributed by atoms with E-state index in [2.05, 4.69) is 13.8 Å². The molecule has 1 aliphatic rings. The second kappa shape index (κ2) is 4.92. The SMILES string of the molecule is CCCC(=O)C1(OC)CCCCC1C. The van der Waals surface area contributed by atoms with E-state index in [-0.39, 0.29) is 0 Å². The molecule has 1 aliphatic carbocycles. The standard InChI is InChI=1S/C12H22O2/c1-4-7-11(13)12(14-3)9-6-5-8-10(12)2/h10H,4-9H2,1-3H3. The molecule has 0 heterocycles. The van der Waals surface area contributed by atoms with Gasteiger partial charge in [0.2, 0.25) is 0 Å². The maximum absolute atomic E-state index is 12.0. The molecule has 82 valence electrons. The van der Waals surface area contributed by atoms with Crippen LogP contribution in [0.5, 0.6) is 0 Å². The number of methoxy groups -OCH3 is 1. The highest BCUT2D eigenvalue weighted by Gasteiger charge is 2.43. The van der Waals surface area contributed by atoms with Crippen molar-refractivity contribution in [2.45, 2.75) is 58.0 Å². The number of carbonyl (C=O) groups excluding carboxylic acids is 1. The summed E-state index contributed by atoms with van der Waals surface area (Å²) in [5.74, 6) is 0.704. The Labute approximate surface area is 87.0 Å². The molecule has 0 radical (unpaired) electrons. The number of ether oxygens (including phenoxy) is 1. The summed E-state index contributed by atoms with van der Waals surface area (Å²) in [5, 5.41) is 0. The van der Waals surface area contributed by atoms with Gasteiger partial charge in [0, 0.05) is 13.5 Å². The van der Waals surface area contributed by atoms with Gasteiger partial charge in [-0.05, 0) is 25.2 Å². The van der Waals surface area contributed by atoms with Crippen LogP contribution >= 0.6 is 0 Å². The molecule has 0 spiro atoms. The van der Waals surface area contributed by atoms with Gasteiger partial charge in [-0.1, -0.05) is 26.7 Å². The van der Waals surface area contributed by atoms with E-state index in [1.54, 1.807) is 7.11 Å². The maximum atomic E-state index is 12.0. The Hall–Kier alpha value is -0.370. The van der Waals surface area contributed by atoms with Gasteiger partial charge in [0.15, 0.2) is 5.78 Å². The van der Waals surface area contributed by atoms with Gasteiger partial charge in [0.25, 0.3) is 0 Å². The molecule has 0 saturated heterocycles. The summed E-state index contributed by atoms with van der Waals surface area (Å²) in [7, 11) is 1.69. The van der Waals surface area contributed by atoms with Gasteiger partial charge in [-0.15, -0.1) is 0 Å². The third-order valence-electron chi connectivity index (χ3n) is 3.54. The molecule has 2 atom stereocenters. The molecule has 1 saturated carbocycles. The largest absolute Gasteiger partial charge is 0.370 e. The summed E-state index contributed by atoms with van der Waals surface area (Å²) < 4.78 is 5.56. The van der Waals surface area contributed by atoms with Crippen LogP contribution in [0.3, 0.4) is 0 Å². The van der Waals surface area contributed by atoms with Crippen molar-refractivity contribution in [3.63, 3.8) is 0 Å². The zero-order valence-electron chi connectivity index (χ0n) is 9.64. The van der Waals surface area contributed by atoms with E-state index in [0.29, 0.717) is 18.1 Å². The molecular weight excluding hydrogens is 176 g/mol. The Morgan fingerprint density at radius 3 is 2.71 bits per heavy atom. The molecule has 0 aromatic rings. The predicted octanol–water partition coefficient (Wildman–Crippen LogP) is 2.95. The van der Waals surface area contributed by atoms with Crippen LogP contribution < -0.4 is 0 Å². The van der Waals surface area contributed by atoms with Crippen molar-refractivity contribution in [1.82, 2.24) is 0 Å². The van der Waals surface area contributed by atoms with Crippen molar-refractivity contribution in [2.75, 3.05) is 7.11 Å². The zero-order valence-corrected chi connectivity index (χ0v) is 9.64. The smallest absolute Gasteiger partial charge is 0.164 e. The molecule has 2 unspecified atom stereocenters. The van der Waals surface area contributed by atoms with E-state index < -0.39 is 5.60 Å². The van der Waals surface area contributed by atoms with Crippen LogP contribution in [0.4, 0.5) is 0 Å². The van der Waals surface area contributed by atoms with Gasteiger partial charge in [-0.3, -0.25) is 4.79 Å². The van der Waals surface area contributed by atoms with E-state index in [0.717, 1.165) is 25.7 Å². The molecule has 0 aromatic heterocycles. The first kappa shape index (κ1) is 11.7.